The normalized spacial score (nSPS) is 21.9. The van der Waals surface area contributed by atoms with Gasteiger partial charge in [0.1, 0.15) is 0 Å². The fourth-order valence-electron chi connectivity index (χ4n) is 3.06. The van der Waals surface area contributed by atoms with Crippen molar-refractivity contribution in [1.82, 2.24) is 4.90 Å². The van der Waals surface area contributed by atoms with Crippen molar-refractivity contribution in [2.75, 3.05) is 25.5 Å². The molecule has 0 heterocycles. The Kier molecular flexibility index (Phi) is 5.23. The molecule has 1 aromatic rings. The predicted molar refractivity (Wildman–Crippen MR) is 87.7 cm³/mol. The van der Waals surface area contributed by atoms with E-state index in [1.165, 1.54) is 0 Å². The maximum atomic E-state index is 12.8. The van der Waals surface area contributed by atoms with Crippen LogP contribution in [0.5, 0.6) is 0 Å². The highest BCUT2D eigenvalue weighted by molar-refractivity contribution is 5.95. The lowest BCUT2D eigenvalue weighted by Crippen LogP contribution is -2.44. The zero-order chi connectivity index (χ0) is 15.4. The summed E-state index contributed by atoms with van der Waals surface area (Å²) < 4.78 is 0. The van der Waals surface area contributed by atoms with Crippen LogP contribution in [0.25, 0.3) is 0 Å². The lowest BCUT2D eigenvalue weighted by molar-refractivity contribution is 0.0641. The first kappa shape index (κ1) is 15.8. The molecule has 4 nitrogen and oxygen atoms in total. The number of nitrogens with zero attached hydrogens (tertiary/aromatic N) is 2. The molecule has 4 heteroatoms. The smallest absolute Gasteiger partial charge is 0.254 e. The van der Waals surface area contributed by atoms with Crippen LogP contribution in [0, 0.1) is 0 Å². The monoisotopic (exact) mass is 289 g/mol. The van der Waals surface area contributed by atoms with Crippen LogP contribution < -0.4 is 10.6 Å². The van der Waals surface area contributed by atoms with Crippen molar-refractivity contribution in [3.8, 4) is 0 Å². The average molecular weight is 289 g/mol. The topological polar surface area (TPSA) is 49.6 Å². The van der Waals surface area contributed by atoms with Gasteiger partial charge in [0.25, 0.3) is 5.91 Å². The molecule has 1 amide bonds. The summed E-state index contributed by atoms with van der Waals surface area (Å²) in [5.74, 6) is 0.140. The van der Waals surface area contributed by atoms with E-state index in [1.54, 1.807) is 0 Å². The number of benzene rings is 1. The van der Waals surface area contributed by atoms with Crippen molar-refractivity contribution >= 4 is 11.6 Å². The summed E-state index contributed by atoms with van der Waals surface area (Å²) >= 11 is 0. The van der Waals surface area contributed by atoms with Crippen LogP contribution in [0.1, 0.15) is 43.0 Å². The molecule has 0 aromatic heterocycles. The molecule has 21 heavy (non-hydrogen) atoms. The number of amides is 1. The molecule has 0 bridgehead atoms. The zero-order valence-corrected chi connectivity index (χ0v) is 13.4. The van der Waals surface area contributed by atoms with E-state index in [1.807, 2.05) is 48.2 Å². The highest BCUT2D eigenvalue weighted by atomic mass is 16.2. The molecular formula is C17H27N3O. The molecule has 0 unspecified atom stereocenters. The molecule has 116 valence electrons. The van der Waals surface area contributed by atoms with Crippen molar-refractivity contribution in [2.45, 2.75) is 44.7 Å². The number of nitrogens with two attached hydrogens (primary N) is 1. The standard InChI is InChI=1S/C17H27N3O/c1-4-20(15-10-8-14(18)9-11-15)17(21)13-6-5-7-16(12-13)19(2)3/h5-7,12,14-15H,4,8-11,18H2,1-3H3. The minimum Gasteiger partial charge on any atom is -0.378 e. The molecule has 0 saturated heterocycles. The van der Waals surface area contributed by atoms with Gasteiger partial charge in [-0.15, -0.1) is 0 Å². The average Bonchev–Trinajstić information content (AvgIpc) is 2.50. The van der Waals surface area contributed by atoms with Crippen LogP contribution >= 0.6 is 0 Å². The summed E-state index contributed by atoms with van der Waals surface area (Å²) in [6.07, 6.45) is 4.08. The van der Waals surface area contributed by atoms with Gasteiger partial charge in [-0.25, -0.2) is 0 Å². The predicted octanol–water partition coefficient (Wildman–Crippen LogP) is 2.48. The van der Waals surface area contributed by atoms with Crippen LogP contribution in [0.2, 0.25) is 0 Å². The minimum absolute atomic E-state index is 0.140. The summed E-state index contributed by atoms with van der Waals surface area (Å²) in [6.45, 7) is 2.81. The molecule has 2 N–H and O–H groups in total. The Hall–Kier alpha value is -1.55. The Morgan fingerprint density at radius 1 is 1.24 bits per heavy atom. The second kappa shape index (κ2) is 6.94. The first-order valence-electron chi connectivity index (χ1n) is 7.86. The fourth-order valence-corrected chi connectivity index (χ4v) is 3.06. The van der Waals surface area contributed by atoms with Crippen molar-refractivity contribution < 1.29 is 4.79 Å². The Morgan fingerprint density at radius 2 is 1.90 bits per heavy atom. The second-order valence-electron chi connectivity index (χ2n) is 6.10. The molecule has 1 saturated carbocycles. The largest absolute Gasteiger partial charge is 0.378 e. The molecule has 1 aromatic carbocycles. The summed E-state index contributed by atoms with van der Waals surface area (Å²) in [5.41, 5.74) is 7.80. The maximum absolute atomic E-state index is 12.8. The van der Waals surface area contributed by atoms with Crippen LogP contribution in [-0.2, 0) is 0 Å². The molecule has 0 radical (unpaired) electrons. The summed E-state index contributed by atoms with van der Waals surface area (Å²) in [5, 5.41) is 0. The second-order valence-corrected chi connectivity index (χ2v) is 6.10. The lowest BCUT2D eigenvalue weighted by atomic mass is 9.90. The van der Waals surface area contributed by atoms with Crippen molar-refractivity contribution in [1.29, 1.82) is 0 Å². The van der Waals surface area contributed by atoms with Gasteiger partial charge in [0.2, 0.25) is 0 Å². The van der Waals surface area contributed by atoms with Crippen LogP contribution in [0.15, 0.2) is 24.3 Å². The maximum Gasteiger partial charge on any atom is 0.254 e. The summed E-state index contributed by atoms with van der Waals surface area (Å²) in [4.78, 5) is 16.8. The van der Waals surface area contributed by atoms with Gasteiger partial charge in [-0.2, -0.15) is 0 Å². The third-order valence-corrected chi connectivity index (χ3v) is 4.39. The van der Waals surface area contributed by atoms with Crippen molar-refractivity contribution in [3.63, 3.8) is 0 Å². The molecular weight excluding hydrogens is 262 g/mol. The van der Waals surface area contributed by atoms with E-state index in [0.717, 1.165) is 43.5 Å². The van der Waals surface area contributed by atoms with Crippen molar-refractivity contribution in [3.05, 3.63) is 29.8 Å². The van der Waals surface area contributed by atoms with Gasteiger partial charge >= 0.3 is 0 Å². The number of carbonyl (C=O) groups is 1. The van der Waals surface area contributed by atoms with E-state index in [-0.39, 0.29) is 5.91 Å². The molecule has 1 fully saturated rings. The van der Waals surface area contributed by atoms with Crippen LogP contribution in [-0.4, -0.2) is 43.5 Å². The Balaban J connectivity index is 2.14. The van der Waals surface area contributed by atoms with E-state index in [2.05, 4.69) is 6.92 Å². The van der Waals surface area contributed by atoms with Gasteiger partial charge in [-0.05, 0) is 50.8 Å². The Labute approximate surface area is 127 Å². The number of rotatable bonds is 4. The molecule has 2 rings (SSSR count). The van der Waals surface area contributed by atoms with Gasteiger partial charge in [0.15, 0.2) is 0 Å². The van der Waals surface area contributed by atoms with E-state index in [0.29, 0.717) is 12.1 Å². The number of hydrogen-bond acceptors (Lipinski definition) is 3. The summed E-state index contributed by atoms with van der Waals surface area (Å²) in [6, 6.07) is 8.50. The first-order chi connectivity index (χ1) is 10.0. The van der Waals surface area contributed by atoms with Gasteiger partial charge in [-0.1, -0.05) is 6.07 Å². The van der Waals surface area contributed by atoms with Gasteiger partial charge in [0, 0.05) is 44.0 Å². The van der Waals surface area contributed by atoms with Crippen LogP contribution in [0.3, 0.4) is 0 Å². The van der Waals surface area contributed by atoms with Gasteiger partial charge in [-0.3, -0.25) is 4.79 Å². The number of anilines is 1. The third-order valence-electron chi connectivity index (χ3n) is 4.39. The SMILES string of the molecule is CCN(C(=O)c1cccc(N(C)C)c1)C1CCC(N)CC1. The molecule has 0 atom stereocenters. The molecule has 1 aliphatic carbocycles. The van der Waals surface area contributed by atoms with E-state index < -0.39 is 0 Å². The van der Waals surface area contributed by atoms with E-state index in [9.17, 15) is 4.79 Å². The van der Waals surface area contributed by atoms with E-state index in [4.69, 9.17) is 5.73 Å². The minimum atomic E-state index is 0.140. The fraction of sp³-hybridized carbons (Fsp3) is 0.588. The van der Waals surface area contributed by atoms with Crippen molar-refractivity contribution in [2.24, 2.45) is 5.73 Å². The zero-order valence-electron chi connectivity index (χ0n) is 13.4. The Morgan fingerprint density at radius 3 is 2.48 bits per heavy atom. The molecule has 0 spiro atoms. The van der Waals surface area contributed by atoms with E-state index >= 15 is 0 Å². The first-order valence-corrected chi connectivity index (χ1v) is 7.86. The van der Waals surface area contributed by atoms with Gasteiger partial charge < -0.3 is 15.5 Å². The summed E-state index contributed by atoms with van der Waals surface area (Å²) in [7, 11) is 3.98. The number of hydrogen-bond donors (Lipinski definition) is 1. The molecule has 1 aliphatic rings. The van der Waals surface area contributed by atoms with Gasteiger partial charge in [0.05, 0.1) is 0 Å². The highest BCUT2D eigenvalue weighted by Crippen LogP contribution is 2.24. The quantitative estimate of drug-likeness (QED) is 0.926. The number of carbonyl (C=O) groups excluding carboxylic acids is 1. The lowest BCUT2D eigenvalue weighted by Gasteiger charge is -2.35. The highest BCUT2D eigenvalue weighted by Gasteiger charge is 2.27. The molecule has 0 aliphatic heterocycles. The third kappa shape index (κ3) is 3.76. The Bertz CT molecular complexity index is 479. The van der Waals surface area contributed by atoms with Crippen LogP contribution in [0.4, 0.5) is 5.69 Å².